The van der Waals surface area contributed by atoms with E-state index in [0.717, 1.165) is 5.82 Å². The van der Waals surface area contributed by atoms with E-state index in [4.69, 9.17) is 16.2 Å². The first-order valence-electron chi connectivity index (χ1n) is 4.83. The number of ether oxygens (including phenoxy) is 1. The monoisotopic (exact) mass is 211 g/mol. The SMILES string of the molecule is COc1cncc(N(CCN)CCN)n1. The van der Waals surface area contributed by atoms with Crippen LogP contribution in [0.15, 0.2) is 12.4 Å². The highest BCUT2D eigenvalue weighted by molar-refractivity contribution is 5.37. The van der Waals surface area contributed by atoms with Crippen molar-refractivity contribution in [3.05, 3.63) is 12.4 Å². The lowest BCUT2D eigenvalue weighted by Gasteiger charge is -2.21. The Morgan fingerprint density at radius 1 is 1.27 bits per heavy atom. The lowest BCUT2D eigenvalue weighted by atomic mass is 10.4. The number of hydrogen-bond donors (Lipinski definition) is 2. The van der Waals surface area contributed by atoms with Crippen molar-refractivity contribution in [1.29, 1.82) is 0 Å². The summed E-state index contributed by atoms with van der Waals surface area (Å²) in [6.45, 7) is 2.52. The Morgan fingerprint density at radius 3 is 2.47 bits per heavy atom. The quantitative estimate of drug-likeness (QED) is 0.641. The van der Waals surface area contributed by atoms with Crippen molar-refractivity contribution in [3.63, 3.8) is 0 Å². The van der Waals surface area contributed by atoms with E-state index in [1.54, 1.807) is 19.5 Å². The van der Waals surface area contributed by atoms with Gasteiger partial charge in [-0.05, 0) is 0 Å². The van der Waals surface area contributed by atoms with Gasteiger partial charge in [-0.2, -0.15) is 4.98 Å². The van der Waals surface area contributed by atoms with Gasteiger partial charge >= 0.3 is 0 Å². The molecule has 0 atom stereocenters. The summed E-state index contributed by atoms with van der Waals surface area (Å²) < 4.78 is 5.00. The Kier molecular flexibility index (Phi) is 4.79. The maximum atomic E-state index is 5.51. The Labute approximate surface area is 89.2 Å². The molecular weight excluding hydrogens is 194 g/mol. The summed E-state index contributed by atoms with van der Waals surface area (Å²) in [4.78, 5) is 10.3. The van der Waals surface area contributed by atoms with E-state index in [2.05, 4.69) is 9.97 Å². The molecule has 84 valence electrons. The third kappa shape index (κ3) is 3.34. The minimum Gasteiger partial charge on any atom is -0.480 e. The van der Waals surface area contributed by atoms with Crippen LogP contribution in [0, 0.1) is 0 Å². The average Bonchev–Trinajstić information content (AvgIpc) is 2.29. The zero-order valence-electron chi connectivity index (χ0n) is 8.89. The van der Waals surface area contributed by atoms with Crippen molar-refractivity contribution in [2.45, 2.75) is 0 Å². The van der Waals surface area contributed by atoms with Crippen molar-refractivity contribution in [2.75, 3.05) is 38.2 Å². The van der Waals surface area contributed by atoms with Crippen molar-refractivity contribution in [1.82, 2.24) is 9.97 Å². The Morgan fingerprint density at radius 2 is 1.93 bits per heavy atom. The molecule has 0 bridgehead atoms. The molecule has 4 N–H and O–H groups in total. The van der Waals surface area contributed by atoms with Gasteiger partial charge in [0.25, 0.3) is 0 Å². The molecule has 1 aromatic rings. The summed E-state index contributed by atoms with van der Waals surface area (Å²) in [6.07, 6.45) is 3.24. The molecule has 1 rings (SSSR count). The van der Waals surface area contributed by atoms with Gasteiger partial charge in [-0.25, -0.2) is 0 Å². The van der Waals surface area contributed by atoms with Gasteiger partial charge in [0.2, 0.25) is 5.88 Å². The van der Waals surface area contributed by atoms with Gasteiger partial charge < -0.3 is 21.1 Å². The molecule has 0 aliphatic heterocycles. The summed E-state index contributed by atoms with van der Waals surface area (Å²) in [7, 11) is 1.56. The van der Waals surface area contributed by atoms with Crippen molar-refractivity contribution in [3.8, 4) is 5.88 Å². The van der Waals surface area contributed by atoms with Crippen LogP contribution in [0.4, 0.5) is 5.82 Å². The van der Waals surface area contributed by atoms with Gasteiger partial charge in [0.1, 0.15) is 0 Å². The molecule has 0 fully saturated rings. The van der Waals surface area contributed by atoms with Gasteiger partial charge in [-0.1, -0.05) is 0 Å². The number of anilines is 1. The Balaban J connectivity index is 2.79. The minimum atomic E-state index is 0.492. The van der Waals surface area contributed by atoms with E-state index >= 15 is 0 Å². The highest BCUT2D eigenvalue weighted by Crippen LogP contribution is 2.12. The smallest absolute Gasteiger partial charge is 0.233 e. The van der Waals surface area contributed by atoms with Crippen LogP contribution in [0.1, 0.15) is 0 Å². The number of methoxy groups -OCH3 is 1. The fourth-order valence-corrected chi connectivity index (χ4v) is 1.24. The number of hydrogen-bond acceptors (Lipinski definition) is 6. The van der Waals surface area contributed by atoms with Gasteiger partial charge in [0.15, 0.2) is 5.82 Å². The highest BCUT2D eigenvalue weighted by atomic mass is 16.5. The van der Waals surface area contributed by atoms with Gasteiger partial charge in [0, 0.05) is 26.2 Å². The fraction of sp³-hybridized carbons (Fsp3) is 0.556. The lowest BCUT2D eigenvalue weighted by molar-refractivity contribution is 0.395. The third-order valence-corrected chi connectivity index (χ3v) is 1.93. The van der Waals surface area contributed by atoms with E-state index in [-0.39, 0.29) is 0 Å². The first kappa shape index (κ1) is 11.7. The molecular formula is C9H17N5O. The minimum absolute atomic E-state index is 0.492. The van der Waals surface area contributed by atoms with Crippen LogP contribution >= 0.6 is 0 Å². The van der Waals surface area contributed by atoms with Crippen LogP contribution in [0.5, 0.6) is 5.88 Å². The van der Waals surface area contributed by atoms with Gasteiger partial charge in [-0.3, -0.25) is 4.98 Å². The molecule has 6 nitrogen and oxygen atoms in total. The maximum Gasteiger partial charge on any atom is 0.233 e. The number of nitrogens with two attached hydrogens (primary N) is 2. The number of aromatic nitrogens is 2. The molecule has 1 heterocycles. The third-order valence-electron chi connectivity index (χ3n) is 1.93. The normalized spacial score (nSPS) is 10.1. The van der Waals surface area contributed by atoms with Crippen LogP contribution in [0.2, 0.25) is 0 Å². The lowest BCUT2D eigenvalue weighted by Crippen LogP contribution is -2.34. The van der Waals surface area contributed by atoms with Crippen LogP contribution < -0.4 is 21.1 Å². The van der Waals surface area contributed by atoms with E-state index in [0.29, 0.717) is 32.1 Å². The summed E-state index contributed by atoms with van der Waals surface area (Å²) >= 11 is 0. The molecule has 0 radical (unpaired) electrons. The Hall–Kier alpha value is -1.40. The standard InChI is InChI=1S/C9H17N5O/c1-15-9-7-12-6-8(13-9)14(4-2-10)5-3-11/h6-7H,2-5,10-11H2,1H3. The molecule has 0 aromatic carbocycles. The van der Waals surface area contributed by atoms with Crippen molar-refractivity contribution >= 4 is 5.82 Å². The number of rotatable bonds is 6. The van der Waals surface area contributed by atoms with Crippen LogP contribution in [0.25, 0.3) is 0 Å². The molecule has 0 aliphatic rings. The van der Waals surface area contributed by atoms with E-state index in [1.807, 2.05) is 4.90 Å². The predicted octanol–water partition coefficient (Wildman–Crippen LogP) is -0.791. The Bertz CT molecular complexity index is 288. The van der Waals surface area contributed by atoms with Gasteiger partial charge in [0.05, 0.1) is 19.5 Å². The van der Waals surface area contributed by atoms with E-state index < -0.39 is 0 Å². The molecule has 0 unspecified atom stereocenters. The maximum absolute atomic E-state index is 5.51. The summed E-state index contributed by atoms with van der Waals surface area (Å²) in [6, 6.07) is 0. The second-order valence-corrected chi connectivity index (χ2v) is 2.98. The first-order valence-corrected chi connectivity index (χ1v) is 4.83. The van der Waals surface area contributed by atoms with Crippen LogP contribution in [-0.2, 0) is 0 Å². The molecule has 15 heavy (non-hydrogen) atoms. The molecule has 0 spiro atoms. The zero-order chi connectivity index (χ0) is 11.1. The molecule has 0 amide bonds. The fourth-order valence-electron chi connectivity index (χ4n) is 1.24. The topological polar surface area (TPSA) is 90.3 Å². The summed E-state index contributed by atoms with van der Waals surface area (Å²) in [5.74, 6) is 1.23. The number of nitrogens with zero attached hydrogens (tertiary/aromatic N) is 3. The average molecular weight is 211 g/mol. The van der Waals surface area contributed by atoms with Crippen molar-refractivity contribution < 1.29 is 4.74 Å². The van der Waals surface area contributed by atoms with E-state index in [1.165, 1.54) is 0 Å². The summed E-state index contributed by atoms with van der Waals surface area (Å²) in [5, 5.41) is 0. The zero-order valence-corrected chi connectivity index (χ0v) is 8.89. The molecule has 0 aliphatic carbocycles. The molecule has 1 aromatic heterocycles. The second kappa shape index (κ2) is 6.15. The summed E-state index contributed by atoms with van der Waals surface area (Å²) in [5.41, 5.74) is 11.0. The largest absolute Gasteiger partial charge is 0.480 e. The van der Waals surface area contributed by atoms with Gasteiger partial charge in [-0.15, -0.1) is 0 Å². The molecule has 0 saturated heterocycles. The predicted molar refractivity (Wildman–Crippen MR) is 58.9 cm³/mol. The van der Waals surface area contributed by atoms with E-state index in [9.17, 15) is 0 Å². The second-order valence-electron chi connectivity index (χ2n) is 2.98. The highest BCUT2D eigenvalue weighted by Gasteiger charge is 2.07. The van der Waals surface area contributed by atoms with Crippen LogP contribution in [0.3, 0.4) is 0 Å². The first-order chi connectivity index (χ1) is 7.31. The molecule has 0 saturated carbocycles. The molecule has 6 heteroatoms. The van der Waals surface area contributed by atoms with Crippen LogP contribution in [-0.4, -0.2) is 43.3 Å². The van der Waals surface area contributed by atoms with Crippen molar-refractivity contribution in [2.24, 2.45) is 11.5 Å².